The van der Waals surface area contributed by atoms with E-state index in [1.165, 1.54) is 22.3 Å². The van der Waals surface area contributed by atoms with Gasteiger partial charge in [0.15, 0.2) is 0 Å². The summed E-state index contributed by atoms with van der Waals surface area (Å²) in [5.41, 5.74) is 5.01. The first-order valence-corrected chi connectivity index (χ1v) is 8.54. The van der Waals surface area contributed by atoms with Crippen LogP contribution in [-0.2, 0) is 0 Å². The standard InChI is InChI=1S/C18H13NSe/c19-12-16-11-17(14-7-3-1-4-8-14)18(13-20-16)15-9-5-2-6-10-15/h1-11H,13H2. The van der Waals surface area contributed by atoms with Crippen LogP contribution in [0.1, 0.15) is 11.1 Å². The summed E-state index contributed by atoms with van der Waals surface area (Å²) in [5.74, 6) is 0. The summed E-state index contributed by atoms with van der Waals surface area (Å²) in [4.78, 5) is 0. The van der Waals surface area contributed by atoms with Crippen molar-refractivity contribution < 1.29 is 0 Å². The van der Waals surface area contributed by atoms with Gasteiger partial charge in [-0.25, -0.2) is 0 Å². The third kappa shape index (κ3) is 2.60. The fraction of sp³-hybridized carbons (Fsp3) is 0.0556. The van der Waals surface area contributed by atoms with Crippen molar-refractivity contribution in [3.8, 4) is 6.07 Å². The van der Waals surface area contributed by atoms with E-state index < -0.39 is 0 Å². The second-order valence-electron chi connectivity index (χ2n) is 4.53. The molecule has 3 rings (SSSR count). The molecule has 0 aromatic heterocycles. The Labute approximate surface area is 125 Å². The van der Waals surface area contributed by atoms with Crippen LogP contribution in [0, 0.1) is 11.3 Å². The Balaban J connectivity index is 2.18. The molecule has 96 valence electrons. The van der Waals surface area contributed by atoms with Crippen molar-refractivity contribution in [3.05, 3.63) is 82.3 Å². The molecule has 0 saturated heterocycles. The number of benzene rings is 2. The molecule has 0 aliphatic carbocycles. The van der Waals surface area contributed by atoms with Crippen LogP contribution in [-0.4, -0.2) is 15.0 Å². The van der Waals surface area contributed by atoms with E-state index in [1.807, 2.05) is 24.3 Å². The zero-order valence-corrected chi connectivity index (χ0v) is 12.6. The summed E-state index contributed by atoms with van der Waals surface area (Å²) in [6.45, 7) is 0. The summed E-state index contributed by atoms with van der Waals surface area (Å²) in [6, 6.07) is 23.2. The van der Waals surface area contributed by atoms with Crippen LogP contribution >= 0.6 is 0 Å². The van der Waals surface area contributed by atoms with Gasteiger partial charge in [-0.15, -0.1) is 0 Å². The monoisotopic (exact) mass is 323 g/mol. The predicted molar refractivity (Wildman–Crippen MR) is 84.0 cm³/mol. The first-order valence-electron chi connectivity index (χ1n) is 6.47. The number of allylic oxidation sites excluding steroid dienone is 4. The van der Waals surface area contributed by atoms with Crippen molar-refractivity contribution in [2.75, 3.05) is 0 Å². The average Bonchev–Trinajstić information content (AvgIpc) is 2.56. The van der Waals surface area contributed by atoms with Gasteiger partial charge in [-0.3, -0.25) is 0 Å². The second kappa shape index (κ2) is 5.92. The van der Waals surface area contributed by atoms with E-state index in [0.717, 1.165) is 9.79 Å². The molecule has 2 aromatic rings. The van der Waals surface area contributed by atoms with Gasteiger partial charge in [0.2, 0.25) is 0 Å². The molecule has 2 aromatic carbocycles. The quantitative estimate of drug-likeness (QED) is 0.762. The molecule has 1 aliphatic heterocycles. The Morgan fingerprint density at radius 2 is 1.45 bits per heavy atom. The molecule has 0 radical (unpaired) electrons. The number of hydrogen-bond donors (Lipinski definition) is 0. The fourth-order valence-corrected chi connectivity index (χ4v) is 4.17. The van der Waals surface area contributed by atoms with E-state index in [-0.39, 0.29) is 15.0 Å². The van der Waals surface area contributed by atoms with Gasteiger partial charge in [0, 0.05) is 0 Å². The van der Waals surface area contributed by atoms with Gasteiger partial charge in [-0.1, -0.05) is 0 Å². The normalized spacial score (nSPS) is 14.7. The molecule has 0 spiro atoms. The average molecular weight is 322 g/mol. The zero-order chi connectivity index (χ0) is 13.8. The van der Waals surface area contributed by atoms with Gasteiger partial charge in [0.1, 0.15) is 0 Å². The Bertz CT molecular complexity index is 706. The number of nitriles is 1. The summed E-state index contributed by atoms with van der Waals surface area (Å²) in [6.07, 6.45) is 2.07. The first-order chi connectivity index (χ1) is 9.88. The van der Waals surface area contributed by atoms with Crippen molar-refractivity contribution >= 4 is 26.1 Å². The van der Waals surface area contributed by atoms with Crippen LogP contribution in [0.25, 0.3) is 11.1 Å². The van der Waals surface area contributed by atoms with Crippen molar-refractivity contribution in [2.45, 2.75) is 5.32 Å². The van der Waals surface area contributed by atoms with Crippen molar-refractivity contribution in [1.29, 1.82) is 5.26 Å². The SMILES string of the molecule is N#CC1=CC(c2ccccc2)=C(c2ccccc2)C[Se]1. The summed E-state index contributed by atoms with van der Waals surface area (Å²) < 4.78 is 0.927. The third-order valence-corrected chi connectivity index (χ3v) is 5.29. The molecule has 0 atom stereocenters. The molecule has 0 bridgehead atoms. The van der Waals surface area contributed by atoms with Gasteiger partial charge in [0.25, 0.3) is 0 Å². The van der Waals surface area contributed by atoms with E-state index in [4.69, 9.17) is 0 Å². The molecule has 0 N–H and O–H groups in total. The molecule has 0 fully saturated rings. The molecule has 1 nitrogen and oxygen atoms in total. The predicted octanol–water partition coefficient (Wildman–Crippen LogP) is 4.14. The van der Waals surface area contributed by atoms with E-state index in [9.17, 15) is 5.26 Å². The van der Waals surface area contributed by atoms with Crippen molar-refractivity contribution in [2.24, 2.45) is 0 Å². The molecule has 0 saturated carbocycles. The minimum absolute atomic E-state index is 0.248. The van der Waals surface area contributed by atoms with E-state index in [1.54, 1.807) is 0 Å². The van der Waals surface area contributed by atoms with Gasteiger partial charge >= 0.3 is 125 Å². The molecular formula is C18H13NSe. The Morgan fingerprint density at radius 3 is 2.05 bits per heavy atom. The molecule has 20 heavy (non-hydrogen) atoms. The van der Waals surface area contributed by atoms with Crippen molar-refractivity contribution in [3.63, 3.8) is 0 Å². The first kappa shape index (κ1) is 12.9. The Kier molecular flexibility index (Phi) is 3.83. The van der Waals surface area contributed by atoms with Gasteiger partial charge in [-0.2, -0.15) is 0 Å². The van der Waals surface area contributed by atoms with Crippen LogP contribution in [0.3, 0.4) is 0 Å². The maximum atomic E-state index is 9.19. The summed E-state index contributed by atoms with van der Waals surface area (Å²) in [7, 11) is 0. The fourth-order valence-electron chi connectivity index (χ4n) is 2.31. The van der Waals surface area contributed by atoms with E-state index in [2.05, 4.69) is 48.5 Å². The molecule has 1 heterocycles. The van der Waals surface area contributed by atoms with Crippen molar-refractivity contribution in [1.82, 2.24) is 0 Å². The minimum atomic E-state index is 0.248. The van der Waals surface area contributed by atoms with Crippen LogP contribution in [0.2, 0.25) is 5.32 Å². The molecule has 2 heteroatoms. The molecule has 1 aliphatic rings. The van der Waals surface area contributed by atoms with E-state index in [0.29, 0.717) is 0 Å². The second-order valence-corrected chi connectivity index (χ2v) is 6.67. The Hall–Kier alpha value is -2.07. The number of nitrogens with zero attached hydrogens (tertiary/aromatic N) is 1. The summed E-state index contributed by atoms with van der Waals surface area (Å²) >= 11 is 0.248. The van der Waals surface area contributed by atoms with Gasteiger partial charge < -0.3 is 0 Å². The van der Waals surface area contributed by atoms with Crippen LogP contribution in [0.15, 0.2) is 71.2 Å². The van der Waals surface area contributed by atoms with Gasteiger partial charge in [0.05, 0.1) is 0 Å². The van der Waals surface area contributed by atoms with E-state index >= 15 is 0 Å². The molecule has 0 unspecified atom stereocenters. The molecular weight excluding hydrogens is 309 g/mol. The zero-order valence-electron chi connectivity index (χ0n) is 10.9. The maximum absolute atomic E-state index is 9.19. The number of rotatable bonds is 2. The van der Waals surface area contributed by atoms with Crippen LogP contribution in [0.4, 0.5) is 0 Å². The number of hydrogen-bond acceptors (Lipinski definition) is 1. The molecule has 0 amide bonds. The van der Waals surface area contributed by atoms with Crippen LogP contribution in [0.5, 0.6) is 0 Å². The van der Waals surface area contributed by atoms with Gasteiger partial charge in [-0.05, 0) is 0 Å². The topological polar surface area (TPSA) is 23.8 Å². The third-order valence-electron chi connectivity index (χ3n) is 3.29. The van der Waals surface area contributed by atoms with Crippen LogP contribution < -0.4 is 0 Å². The summed E-state index contributed by atoms with van der Waals surface area (Å²) in [5, 5.41) is 10.2. The Morgan fingerprint density at radius 1 is 0.850 bits per heavy atom.